The van der Waals surface area contributed by atoms with Gasteiger partial charge in [-0.05, 0) is 30.5 Å². The van der Waals surface area contributed by atoms with Crippen LogP contribution in [0.4, 0.5) is 0 Å². The Morgan fingerprint density at radius 3 is 2.69 bits per heavy atom. The van der Waals surface area contributed by atoms with Crippen molar-refractivity contribution in [2.45, 2.75) is 13.3 Å². The number of para-hydroxylation sites is 1. The van der Waals surface area contributed by atoms with Crippen LogP contribution in [0.2, 0.25) is 0 Å². The summed E-state index contributed by atoms with van der Waals surface area (Å²) in [5.41, 5.74) is 2.19. The van der Waals surface area contributed by atoms with Crippen molar-refractivity contribution in [3.05, 3.63) is 48.3 Å². The number of benzene rings is 1. The van der Waals surface area contributed by atoms with Crippen LogP contribution >= 0.6 is 0 Å². The van der Waals surface area contributed by atoms with Gasteiger partial charge in [0.15, 0.2) is 0 Å². The number of aromatic nitrogens is 2. The molecule has 0 aliphatic heterocycles. The first kappa shape index (κ1) is 10.9. The van der Waals surface area contributed by atoms with Gasteiger partial charge in [0.2, 0.25) is 0 Å². The van der Waals surface area contributed by atoms with Crippen molar-refractivity contribution >= 4 is 0 Å². The van der Waals surface area contributed by atoms with E-state index in [0.717, 1.165) is 17.8 Å². The maximum Gasteiger partial charge on any atom is 0.0648 e. The van der Waals surface area contributed by atoms with E-state index in [1.54, 1.807) is 6.20 Å². The average molecular weight is 216 g/mol. The molecule has 0 saturated carbocycles. The van der Waals surface area contributed by atoms with Gasteiger partial charge >= 0.3 is 0 Å². The van der Waals surface area contributed by atoms with Crippen LogP contribution in [0.25, 0.3) is 5.69 Å². The monoisotopic (exact) mass is 216 g/mol. The van der Waals surface area contributed by atoms with Crippen LogP contribution in [0.1, 0.15) is 12.6 Å². The Bertz CT molecular complexity index is 436. The molecular formula is C13H16N2O. The van der Waals surface area contributed by atoms with Gasteiger partial charge in [-0.1, -0.05) is 25.1 Å². The summed E-state index contributed by atoms with van der Waals surface area (Å²) in [5, 5.41) is 13.4. The average Bonchev–Trinajstić information content (AvgIpc) is 2.78. The summed E-state index contributed by atoms with van der Waals surface area (Å²) in [6.45, 7) is 2.24. The molecule has 0 fully saturated rings. The van der Waals surface area contributed by atoms with Gasteiger partial charge in [0.05, 0.1) is 5.69 Å². The number of nitrogens with zero attached hydrogens (tertiary/aromatic N) is 2. The molecule has 1 aromatic carbocycles. The van der Waals surface area contributed by atoms with E-state index in [1.165, 1.54) is 0 Å². The Hall–Kier alpha value is -1.61. The zero-order chi connectivity index (χ0) is 11.4. The lowest BCUT2D eigenvalue weighted by Gasteiger charge is -2.10. The summed E-state index contributed by atoms with van der Waals surface area (Å²) in [5.74, 6) is 0.263. The van der Waals surface area contributed by atoms with Crippen molar-refractivity contribution < 1.29 is 5.11 Å². The van der Waals surface area contributed by atoms with Gasteiger partial charge in [-0.3, -0.25) is 0 Å². The minimum absolute atomic E-state index is 0.208. The summed E-state index contributed by atoms with van der Waals surface area (Å²) in [6.07, 6.45) is 2.64. The molecule has 0 amide bonds. The Labute approximate surface area is 95.3 Å². The van der Waals surface area contributed by atoms with Crippen LogP contribution in [0.3, 0.4) is 0 Å². The van der Waals surface area contributed by atoms with E-state index in [1.807, 2.05) is 48.0 Å². The van der Waals surface area contributed by atoms with Gasteiger partial charge in [0, 0.05) is 18.5 Å². The van der Waals surface area contributed by atoms with Crippen LogP contribution in [-0.4, -0.2) is 21.5 Å². The Morgan fingerprint density at radius 1 is 1.25 bits per heavy atom. The molecule has 1 aromatic heterocycles. The standard InChI is InChI=1S/C13H16N2O/c1-11(10-16)9-13-7-8-14-15(13)12-5-3-2-4-6-12/h2-8,11,16H,9-10H2,1H3. The second kappa shape index (κ2) is 4.94. The first-order valence-electron chi connectivity index (χ1n) is 5.50. The molecule has 0 bridgehead atoms. The topological polar surface area (TPSA) is 38.1 Å². The minimum atomic E-state index is 0.208. The van der Waals surface area contributed by atoms with Gasteiger partial charge in [-0.2, -0.15) is 5.10 Å². The van der Waals surface area contributed by atoms with E-state index in [0.29, 0.717) is 0 Å². The van der Waals surface area contributed by atoms with E-state index in [9.17, 15) is 0 Å². The van der Waals surface area contributed by atoms with Crippen LogP contribution in [-0.2, 0) is 6.42 Å². The van der Waals surface area contributed by atoms with Gasteiger partial charge in [-0.25, -0.2) is 4.68 Å². The summed E-state index contributed by atoms with van der Waals surface area (Å²) in [6, 6.07) is 12.0. The predicted octanol–water partition coefficient (Wildman–Crippen LogP) is 2.04. The van der Waals surface area contributed by atoms with Gasteiger partial charge in [-0.15, -0.1) is 0 Å². The zero-order valence-electron chi connectivity index (χ0n) is 9.37. The van der Waals surface area contributed by atoms with Crippen molar-refractivity contribution in [1.82, 2.24) is 9.78 Å². The predicted molar refractivity (Wildman–Crippen MR) is 63.5 cm³/mol. The summed E-state index contributed by atoms with van der Waals surface area (Å²) >= 11 is 0. The van der Waals surface area contributed by atoms with E-state index >= 15 is 0 Å². The molecule has 2 aromatic rings. The van der Waals surface area contributed by atoms with E-state index in [-0.39, 0.29) is 12.5 Å². The second-order valence-electron chi connectivity index (χ2n) is 4.06. The first-order valence-corrected chi connectivity index (χ1v) is 5.50. The molecule has 1 unspecified atom stereocenters. The Kier molecular flexibility index (Phi) is 3.37. The molecule has 0 radical (unpaired) electrons. The van der Waals surface area contributed by atoms with Crippen LogP contribution in [0, 0.1) is 5.92 Å². The van der Waals surface area contributed by atoms with E-state index in [4.69, 9.17) is 5.11 Å². The highest BCUT2D eigenvalue weighted by Gasteiger charge is 2.08. The number of aliphatic hydroxyl groups is 1. The van der Waals surface area contributed by atoms with Crippen LogP contribution in [0.15, 0.2) is 42.6 Å². The maximum atomic E-state index is 9.07. The quantitative estimate of drug-likeness (QED) is 0.849. The van der Waals surface area contributed by atoms with Crippen LogP contribution in [0.5, 0.6) is 0 Å². The van der Waals surface area contributed by atoms with Crippen molar-refractivity contribution in [3.63, 3.8) is 0 Å². The normalized spacial score (nSPS) is 12.6. The number of hydrogen-bond acceptors (Lipinski definition) is 2. The lowest BCUT2D eigenvalue weighted by atomic mass is 10.1. The Morgan fingerprint density at radius 2 is 2.00 bits per heavy atom. The molecule has 0 spiro atoms. The van der Waals surface area contributed by atoms with E-state index in [2.05, 4.69) is 5.10 Å². The highest BCUT2D eigenvalue weighted by molar-refractivity contribution is 5.32. The molecular weight excluding hydrogens is 200 g/mol. The molecule has 1 atom stereocenters. The molecule has 16 heavy (non-hydrogen) atoms. The van der Waals surface area contributed by atoms with Crippen molar-refractivity contribution in [2.75, 3.05) is 6.61 Å². The lowest BCUT2D eigenvalue weighted by Crippen LogP contribution is -2.09. The number of hydrogen-bond donors (Lipinski definition) is 1. The SMILES string of the molecule is CC(CO)Cc1ccnn1-c1ccccc1. The third-order valence-electron chi connectivity index (χ3n) is 2.59. The molecule has 3 heteroatoms. The molecule has 2 rings (SSSR count). The fraction of sp³-hybridized carbons (Fsp3) is 0.308. The second-order valence-corrected chi connectivity index (χ2v) is 4.06. The van der Waals surface area contributed by atoms with Crippen molar-refractivity contribution in [2.24, 2.45) is 5.92 Å². The smallest absolute Gasteiger partial charge is 0.0648 e. The van der Waals surface area contributed by atoms with Crippen LogP contribution < -0.4 is 0 Å². The third-order valence-corrected chi connectivity index (χ3v) is 2.59. The molecule has 1 heterocycles. The molecule has 0 aliphatic carbocycles. The molecule has 3 nitrogen and oxygen atoms in total. The van der Waals surface area contributed by atoms with Crippen molar-refractivity contribution in [1.29, 1.82) is 0 Å². The Balaban J connectivity index is 2.26. The maximum absolute atomic E-state index is 9.07. The number of aliphatic hydroxyl groups excluding tert-OH is 1. The highest BCUT2D eigenvalue weighted by Crippen LogP contribution is 2.13. The lowest BCUT2D eigenvalue weighted by molar-refractivity contribution is 0.235. The largest absolute Gasteiger partial charge is 0.396 e. The summed E-state index contributed by atoms with van der Waals surface area (Å²) < 4.78 is 1.92. The fourth-order valence-electron chi connectivity index (χ4n) is 1.71. The van der Waals surface area contributed by atoms with Crippen molar-refractivity contribution in [3.8, 4) is 5.69 Å². The van der Waals surface area contributed by atoms with Gasteiger partial charge < -0.3 is 5.11 Å². The zero-order valence-corrected chi connectivity index (χ0v) is 9.37. The summed E-state index contributed by atoms with van der Waals surface area (Å²) in [7, 11) is 0. The molecule has 0 aliphatic rings. The van der Waals surface area contributed by atoms with Gasteiger partial charge in [0.25, 0.3) is 0 Å². The molecule has 1 N–H and O–H groups in total. The number of rotatable bonds is 4. The third kappa shape index (κ3) is 2.31. The molecule has 0 saturated heterocycles. The fourth-order valence-corrected chi connectivity index (χ4v) is 1.71. The first-order chi connectivity index (χ1) is 7.81. The minimum Gasteiger partial charge on any atom is -0.396 e. The van der Waals surface area contributed by atoms with Gasteiger partial charge in [0.1, 0.15) is 0 Å². The van der Waals surface area contributed by atoms with E-state index < -0.39 is 0 Å². The highest BCUT2D eigenvalue weighted by atomic mass is 16.3. The molecule has 84 valence electrons. The summed E-state index contributed by atoms with van der Waals surface area (Å²) in [4.78, 5) is 0.